The van der Waals surface area contributed by atoms with Crippen molar-refractivity contribution in [2.24, 2.45) is 0 Å². The maximum atomic E-state index is 5.70. The molecule has 0 bridgehead atoms. The molecule has 2 aromatic heterocycles. The first-order valence-electron chi connectivity index (χ1n) is 3.45. The Morgan fingerprint density at radius 3 is 3.00 bits per heavy atom. The summed E-state index contributed by atoms with van der Waals surface area (Å²) in [4.78, 5) is 4.18. The van der Waals surface area contributed by atoms with Crippen LogP contribution >= 0.6 is 22.6 Å². The highest BCUT2D eigenvalue weighted by molar-refractivity contribution is 14.1. The van der Waals surface area contributed by atoms with Gasteiger partial charge >= 0.3 is 0 Å². The van der Waals surface area contributed by atoms with E-state index in [9.17, 15) is 0 Å². The third-order valence-corrected chi connectivity index (χ3v) is 2.91. The smallest absolute Gasteiger partial charge is 0.171 e. The van der Waals surface area contributed by atoms with Crippen molar-refractivity contribution in [2.75, 3.05) is 5.73 Å². The summed E-state index contributed by atoms with van der Waals surface area (Å²) < 4.78 is 2.71. The maximum absolute atomic E-state index is 5.70. The zero-order chi connectivity index (χ0) is 8.72. The van der Waals surface area contributed by atoms with Crippen LogP contribution in [-0.4, -0.2) is 14.6 Å². The molecule has 2 N–H and O–H groups in total. The van der Waals surface area contributed by atoms with Gasteiger partial charge in [-0.3, -0.25) is 0 Å². The summed E-state index contributed by atoms with van der Waals surface area (Å²) in [5, 5.41) is 4.23. The van der Waals surface area contributed by atoms with Crippen molar-refractivity contribution in [1.29, 1.82) is 0 Å². The number of aryl methyl sites for hydroxylation is 1. The van der Waals surface area contributed by atoms with Gasteiger partial charge < -0.3 is 5.73 Å². The van der Waals surface area contributed by atoms with Gasteiger partial charge in [-0.2, -0.15) is 9.61 Å². The summed E-state index contributed by atoms with van der Waals surface area (Å²) >= 11 is 2.21. The SMILES string of the molecule is Cc1nn2c(N)ccnc2c1I. The number of anilines is 1. The van der Waals surface area contributed by atoms with Gasteiger partial charge in [0.05, 0.1) is 9.26 Å². The second-order valence-electron chi connectivity index (χ2n) is 2.50. The molecule has 0 saturated heterocycles. The van der Waals surface area contributed by atoms with Gasteiger partial charge in [0.15, 0.2) is 5.65 Å². The highest BCUT2D eigenvalue weighted by Gasteiger charge is 2.07. The Hall–Kier alpha value is -0.850. The predicted molar refractivity (Wildman–Crippen MR) is 54.9 cm³/mol. The molecule has 5 heteroatoms. The van der Waals surface area contributed by atoms with Gasteiger partial charge in [0.25, 0.3) is 0 Å². The number of halogens is 1. The van der Waals surface area contributed by atoms with E-state index in [1.54, 1.807) is 16.8 Å². The van der Waals surface area contributed by atoms with Crippen molar-refractivity contribution in [3.8, 4) is 0 Å². The van der Waals surface area contributed by atoms with Crippen LogP contribution in [0.3, 0.4) is 0 Å². The van der Waals surface area contributed by atoms with Crippen LogP contribution < -0.4 is 5.73 Å². The molecule has 0 atom stereocenters. The normalized spacial score (nSPS) is 10.8. The van der Waals surface area contributed by atoms with E-state index in [1.807, 2.05) is 6.92 Å². The quantitative estimate of drug-likeness (QED) is 0.735. The molecular weight excluding hydrogens is 267 g/mol. The Morgan fingerprint density at radius 2 is 2.33 bits per heavy atom. The fourth-order valence-corrected chi connectivity index (χ4v) is 1.52. The summed E-state index contributed by atoms with van der Waals surface area (Å²) in [6.45, 7) is 1.94. The molecule has 62 valence electrons. The Kier molecular flexibility index (Phi) is 1.67. The number of nitrogens with two attached hydrogens (primary N) is 1. The summed E-state index contributed by atoms with van der Waals surface area (Å²) in [6.07, 6.45) is 1.69. The molecule has 0 unspecified atom stereocenters. The minimum atomic E-state index is 0.617. The van der Waals surface area contributed by atoms with E-state index in [0.717, 1.165) is 14.9 Å². The molecule has 0 aliphatic rings. The van der Waals surface area contributed by atoms with E-state index < -0.39 is 0 Å². The predicted octanol–water partition coefficient (Wildman–Crippen LogP) is 1.22. The van der Waals surface area contributed by atoms with Crippen molar-refractivity contribution in [3.05, 3.63) is 21.5 Å². The maximum Gasteiger partial charge on any atom is 0.171 e. The summed E-state index contributed by atoms with van der Waals surface area (Å²) in [6, 6.07) is 1.73. The van der Waals surface area contributed by atoms with Crippen LogP contribution in [0.1, 0.15) is 5.69 Å². The first-order chi connectivity index (χ1) is 5.70. The van der Waals surface area contributed by atoms with Gasteiger partial charge in [0, 0.05) is 6.20 Å². The number of hydrogen-bond donors (Lipinski definition) is 1. The molecule has 0 saturated carbocycles. The van der Waals surface area contributed by atoms with E-state index in [4.69, 9.17) is 5.73 Å². The fourth-order valence-electron chi connectivity index (χ4n) is 1.04. The molecule has 0 spiro atoms. The molecule has 0 amide bonds. The largest absolute Gasteiger partial charge is 0.384 e. The van der Waals surface area contributed by atoms with Crippen LogP contribution in [0.2, 0.25) is 0 Å². The van der Waals surface area contributed by atoms with Crippen molar-refractivity contribution in [2.45, 2.75) is 6.92 Å². The third-order valence-electron chi connectivity index (χ3n) is 1.65. The topological polar surface area (TPSA) is 56.2 Å². The Balaban J connectivity index is 2.95. The summed E-state index contributed by atoms with van der Waals surface area (Å²) in [5.41, 5.74) is 7.48. The number of nitrogens with zero attached hydrogens (tertiary/aromatic N) is 3. The second-order valence-corrected chi connectivity index (χ2v) is 3.58. The molecule has 0 radical (unpaired) electrons. The highest BCUT2D eigenvalue weighted by atomic mass is 127. The van der Waals surface area contributed by atoms with Gasteiger partial charge in [-0.25, -0.2) is 4.98 Å². The molecular formula is C7H7IN4. The lowest BCUT2D eigenvalue weighted by atomic mass is 10.5. The minimum Gasteiger partial charge on any atom is -0.384 e. The van der Waals surface area contributed by atoms with Crippen molar-refractivity contribution in [3.63, 3.8) is 0 Å². The van der Waals surface area contributed by atoms with Gasteiger partial charge in [0.2, 0.25) is 0 Å². The van der Waals surface area contributed by atoms with E-state index in [-0.39, 0.29) is 0 Å². The van der Waals surface area contributed by atoms with Crippen molar-refractivity contribution in [1.82, 2.24) is 14.6 Å². The van der Waals surface area contributed by atoms with Crippen LogP contribution in [0, 0.1) is 10.5 Å². The van der Waals surface area contributed by atoms with Gasteiger partial charge in [-0.15, -0.1) is 0 Å². The van der Waals surface area contributed by atoms with Gasteiger partial charge in [-0.05, 0) is 35.6 Å². The monoisotopic (exact) mass is 274 g/mol. The number of nitrogen functional groups attached to an aromatic ring is 1. The molecule has 0 fully saturated rings. The second kappa shape index (κ2) is 2.58. The van der Waals surface area contributed by atoms with Gasteiger partial charge in [-0.1, -0.05) is 0 Å². The zero-order valence-electron chi connectivity index (χ0n) is 6.45. The third kappa shape index (κ3) is 0.961. The van der Waals surface area contributed by atoms with E-state index >= 15 is 0 Å². The number of hydrogen-bond acceptors (Lipinski definition) is 3. The number of aromatic nitrogens is 3. The van der Waals surface area contributed by atoms with Crippen molar-refractivity contribution < 1.29 is 0 Å². The Bertz CT molecular complexity index is 434. The molecule has 2 aromatic rings. The molecule has 2 rings (SSSR count). The minimum absolute atomic E-state index is 0.617. The molecule has 12 heavy (non-hydrogen) atoms. The average Bonchev–Trinajstić information content (AvgIpc) is 2.32. The van der Waals surface area contributed by atoms with Crippen LogP contribution in [-0.2, 0) is 0 Å². The zero-order valence-corrected chi connectivity index (χ0v) is 8.61. The lowest BCUT2D eigenvalue weighted by Crippen LogP contribution is -1.98. The molecule has 0 aliphatic carbocycles. The van der Waals surface area contributed by atoms with E-state index in [0.29, 0.717) is 5.82 Å². The molecule has 4 nitrogen and oxygen atoms in total. The number of rotatable bonds is 0. The van der Waals surface area contributed by atoms with E-state index in [2.05, 4.69) is 32.7 Å². The number of fused-ring (bicyclic) bond motifs is 1. The van der Waals surface area contributed by atoms with Gasteiger partial charge in [0.1, 0.15) is 5.82 Å². The van der Waals surface area contributed by atoms with Crippen LogP contribution in [0.4, 0.5) is 5.82 Å². The van der Waals surface area contributed by atoms with Crippen LogP contribution in [0.25, 0.3) is 5.65 Å². The van der Waals surface area contributed by atoms with Crippen LogP contribution in [0.5, 0.6) is 0 Å². The van der Waals surface area contributed by atoms with Crippen molar-refractivity contribution >= 4 is 34.1 Å². The Morgan fingerprint density at radius 1 is 1.58 bits per heavy atom. The first kappa shape index (κ1) is 7.78. The highest BCUT2D eigenvalue weighted by Crippen LogP contribution is 2.16. The van der Waals surface area contributed by atoms with E-state index in [1.165, 1.54) is 0 Å². The lowest BCUT2D eigenvalue weighted by Gasteiger charge is -1.95. The van der Waals surface area contributed by atoms with Crippen LogP contribution in [0.15, 0.2) is 12.3 Å². The lowest BCUT2D eigenvalue weighted by molar-refractivity contribution is 0.929. The molecule has 0 aliphatic heterocycles. The molecule has 2 heterocycles. The molecule has 0 aromatic carbocycles. The summed E-state index contributed by atoms with van der Waals surface area (Å²) in [7, 11) is 0. The standard InChI is InChI=1S/C7H7IN4/c1-4-6(8)7-10-3-2-5(9)12(7)11-4/h2-3H,9H2,1H3. The summed E-state index contributed by atoms with van der Waals surface area (Å²) in [5.74, 6) is 0.617. The first-order valence-corrected chi connectivity index (χ1v) is 4.53. The fraction of sp³-hybridized carbons (Fsp3) is 0.143. The Labute approximate surface area is 82.9 Å². The average molecular weight is 274 g/mol.